The van der Waals surface area contributed by atoms with Crippen molar-refractivity contribution in [3.8, 4) is 11.4 Å². The Kier molecular flexibility index (Phi) is 5.49. The van der Waals surface area contributed by atoms with Crippen molar-refractivity contribution in [2.24, 2.45) is 0 Å². The van der Waals surface area contributed by atoms with E-state index >= 15 is 0 Å². The number of hydrogen-bond acceptors (Lipinski definition) is 5. The number of carbonyl (C=O) groups is 1. The molecule has 2 aromatic heterocycles. The highest BCUT2D eigenvalue weighted by atomic mass is 79.9. The third-order valence-corrected chi connectivity index (χ3v) is 7.89. The number of anilines is 1. The van der Waals surface area contributed by atoms with Gasteiger partial charge < -0.3 is 4.90 Å². The summed E-state index contributed by atoms with van der Waals surface area (Å²) in [5.41, 5.74) is 2.91. The minimum atomic E-state index is -0.383. The maximum Gasteiger partial charge on any atom is 0.291 e. The molecule has 6 rings (SSSR count). The molecule has 0 bridgehead atoms. The number of nitrogens with zero attached hydrogens (tertiary/aromatic N) is 4. The minimum absolute atomic E-state index is 0.266. The summed E-state index contributed by atoms with van der Waals surface area (Å²) in [6.07, 6.45) is 0. The van der Waals surface area contributed by atoms with E-state index in [1.165, 1.54) is 4.52 Å². The van der Waals surface area contributed by atoms with E-state index in [2.05, 4.69) is 26.0 Å². The highest BCUT2D eigenvalue weighted by molar-refractivity contribution is 9.10. The fraction of sp³-hybridized carbons (Fsp3) is 0.0400. The lowest BCUT2D eigenvalue weighted by Crippen LogP contribution is -2.32. The molecule has 172 valence electrons. The topological polar surface area (TPSA) is 67.6 Å². The Balaban J connectivity index is 1.52. The zero-order valence-electron chi connectivity index (χ0n) is 17.7. The number of fused-ring (bicyclic) bond motifs is 2. The van der Waals surface area contributed by atoms with Crippen LogP contribution in [-0.2, 0) is 11.3 Å². The Morgan fingerprint density at radius 1 is 0.971 bits per heavy atom. The molecule has 3 heterocycles. The molecule has 0 aliphatic carbocycles. The predicted octanol–water partition coefficient (Wildman–Crippen LogP) is 5.35. The Morgan fingerprint density at radius 2 is 1.74 bits per heavy atom. The normalized spacial score (nSPS) is 14.7. The molecule has 3 aromatic carbocycles. The van der Waals surface area contributed by atoms with Crippen molar-refractivity contribution in [1.29, 1.82) is 0 Å². The van der Waals surface area contributed by atoms with Crippen molar-refractivity contribution in [3.63, 3.8) is 0 Å². The second-order valence-corrected chi connectivity index (χ2v) is 10.6. The fourth-order valence-electron chi connectivity index (χ4n) is 4.08. The van der Waals surface area contributed by atoms with E-state index in [0.717, 1.165) is 26.9 Å². The highest BCUT2D eigenvalue weighted by Crippen LogP contribution is 2.38. The van der Waals surface area contributed by atoms with Crippen LogP contribution in [0.2, 0.25) is 10.0 Å². The quantitative estimate of drug-likeness (QED) is 0.287. The van der Waals surface area contributed by atoms with Gasteiger partial charge in [-0.05, 0) is 54.1 Å². The number of benzene rings is 3. The molecule has 5 aromatic rings. The van der Waals surface area contributed by atoms with Gasteiger partial charge in [-0.15, -0.1) is 5.10 Å². The van der Waals surface area contributed by atoms with Gasteiger partial charge in [-0.1, -0.05) is 68.7 Å². The number of halogens is 3. The molecular weight excluding hydrogens is 571 g/mol. The van der Waals surface area contributed by atoms with E-state index in [0.29, 0.717) is 42.2 Å². The van der Waals surface area contributed by atoms with E-state index in [1.54, 1.807) is 35.2 Å². The summed E-state index contributed by atoms with van der Waals surface area (Å²) in [4.78, 5) is 33.7. The standard InChI is InChI=1S/C25H13BrCl2N4O2S/c26-15-7-10-19-17(11-15)20(23(33)31(19)12-14-3-1-2-4-18(14)28)21-24(34)32-25(35-21)29-22(30-32)13-5-8-16(27)9-6-13/h1-11H,12H2. The average molecular weight is 584 g/mol. The summed E-state index contributed by atoms with van der Waals surface area (Å²) in [5, 5.41) is 5.57. The van der Waals surface area contributed by atoms with Crippen LogP contribution in [0.25, 0.3) is 21.9 Å². The first-order chi connectivity index (χ1) is 16.9. The van der Waals surface area contributed by atoms with Crippen LogP contribution in [-0.4, -0.2) is 20.5 Å². The number of rotatable bonds is 3. The van der Waals surface area contributed by atoms with Crippen LogP contribution in [0.1, 0.15) is 11.1 Å². The number of carbonyl (C=O) groups excluding carboxylic acids is 1. The summed E-state index contributed by atoms with van der Waals surface area (Å²) in [5.74, 6) is 0.153. The SMILES string of the molecule is O=C1C(=c2sc3nc(-c4ccc(Cl)cc4)nn3c2=O)c2cc(Br)ccc2N1Cc1ccccc1Cl. The number of amides is 1. The molecule has 6 nitrogen and oxygen atoms in total. The van der Waals surface area contributed by atoms with Crippen molar-refractivity contribution < 1.29 is 4.79 Å². The van der Waals surface area contributed by atoms with Crippen molar-refractivity contribution in [2.75, 3.05) is 4.90 Å². The van der Waals surface area contributed by atoms with Crippen molar-refractivity contribution >= 4 is 72.6 Å². The zero-order chi connectivity index (χ0) is 24.3. The van der Waals surface area contributed by atoms with Gasteiger partial charge in [0, 0.05) is 25.6 Å². The summed E-state index contributed by atoms with van der Waals surface area (Å²) >= 11 is 17.0. The summed E-state index contributed by atoms with van der Waals surface area (Å²) < 4.78 is 2.35. The maximum atomic E-state index is 13.7. The molecule has 0 saturated carbocycles. The molecule has 0 fully saturated rings. The number of thiazole rings is 1. The molecule has 1 aliphatic rings. The lowest BCUT2D eigenvalue weighted by atomic mass is 10.1. The van der Waals surface area contributed by atoms with Crippen molar-refractivity contribution in [1.82, 2.24) is 14.6 Å². The third-order valence-electron chi connectivity index (χ3n) is 5.75. The predicted molar refractivity (Wildman–Crippen MR) is 142 cm³/mol. The molecule has 0 N–H and O–H groups in total. The first kappa shape index (κ1) is 22.4. The van der Waals surface area contributed by atoms with Crippen LogP contribution in [0.4, 0.5) is 5.69 Å². The molecule has 0 radical (unpaired) electrons. The van der Waals surface area contributed by atoms with E-state index in [4.69, 9.17) is 23.2 Å². The molecule has 1 aliphatic heterocycles. The van der Waals surface area contributed by atoms with Crippen LogP contribution in [0.15, 0.2) is 76.0 Å². The maximum absolute atomic E-state index is 13.7. The van der Waals surface area contributed by atoms with Crippen molar-refractivity contribution in [2.45, 2.75) is 6.54 Å². The first-order valence-corrected chi connectivity index (χ1v) is 12.8. The van der Waals surface area contributed by atoms with Crippen LogP contribution in [0.3, 0.4) is 0 Å². The van der Waals surface area contributed by atoms with E-state index in [9.17, 15) is 9.59 Å². The summed E-state index contributed by atoms with van der Waals surface area (Å²) in [7, 11) is 0. The Bertz CT molecular complexity index is 1760. The van der Waals surface area contributed by atoms with Gasteiger partial charge in [0.25, 0.3) is 11.5 Å². The van der Waals surface area contributed by atoms with E-state index in [-0.39, 0.29) is 18.0 Å². The monoisotopic (exact) mass is 582 g/mol. The molecule has 10 heteroatoms. The Hall–Kier alpha value is -3.04. The summed E-state index contributed by atoms with van der Waals surface area (Å²) in [6, 6.07) is 20.0. The highest BCUT2D eigenvalue weighted by Gasteiger charge is 2.35. The number of aromatic nitrogens is 3. The molecule has 35 heavy (non-hydrogen) atoms. The smallest absolute Gasteiger partial charge is 0.291 e. The van der Waals surface area contributed by atoms with Crippen LogP contribution >= 0.6 is 50.5 Å². The minimum Gasteiger partial charge on any atom is -0.303 e. The van der Waals surface area contributed by atoms with E-state index < -0.39 is 0 Å². The molecule has 0 spiro atoms. The molecule has 0 atom stereocenters. The zero-order valence-corrected chi connectivity index (χ0v) is 21.6. The second kappa shape index (κ2) is 8.57. The van der Waals surface area contributed by atoms with Gasteiger partial charge in [-0.25, -0.2) is 0 Å². The van der Waals surface area contributed by atoms with Gasteiger partial charge in [-0.3, -0.25) is 9.59 Å². The Morgan fingerprint density at radius 3 is 2.49 bits per heavy atom. The van der Waals surface area contributed by atoms with Gasteiger partial charge in [0.1, 0.15) is 4.53 Å². The van der Waals surface area contributed by atoms with Gasteiger partial charge >= 0.3 is 0 Å². The van der Waals surface area contributed by atoms with Gasteiger partial charge in [0.2, 0.25) is 4.96 Å². The van der Waals surface area contributed by atoms with Crippen LogP contribution < -0.4 is 15.0 Å². The fourth-order valence-corrected chi connectivity index (χ4v) is 5.76. The van der Waals surface area contributed by atoms with Gasteiger partial charge in [0.05, 0.1) is 17.8 Å². The van der Waals surface area contributed by atoms with Crippen LogP contribution in [0, 0.1) is 0 Å². The first-order valence-electron chi connectivity index (χ1n) is 10.5. The lowest BCUT2D eigenvalue weighted by molar-refractivity contribution is -0.113. The third kappa shape index (κ3) is 3.77. The molecular formula is C25H13BrCl2N4O2S. The molecule has 0 saturated heterocycles. The second-order valence-electron chi connectivity index (χ2n) is 7.89. The average Bonchev–Trinajstić information content (AvgIpc) is 3.47. The van der Waals surface area contributed by atoms with Gasteiger partial charge in [0.15, 0.2) is 5.82 Å². The molecule has 0 unspecified atom stereocenters. The largest absolute Gasteiger partial charge is 0.303 e. The van der Waals surface area contributed by atoms with E-state index in [1.807, 2.05) is 36.4 Å². The molecule has 1 amide bonds. The van der Waals surface area contributed by atoms with Crippen LogP contribution in [0.5, 0.6) is 0 Å². The lowest BCUT2D eigenvalue weighted by Gasteiger charge is -2.18. The Labute approximate surface area is 221 Å². The van der Waals surface area contributed by atoms with Crippen molar-refractivity contribution in [3.05, 3.63) is 107 Å². The van der Waals surface area contributed by atoms with Gasteiger partial charge in [-0.2, -0.15) is 9.50 Å². The number of hydrogen-bond donors (Lipinski definition) is 0. The summed E-state index contributed by atoms with van der Waals surface area (Å²) in [6.45, 7) is 0.284.